The van der Waals surface area contributed by atoms with Crippen LogP contribution in [0.5, 0.6) is 11.5 Å². The van der Waals surface area contributed by atoms with Crippen molar-refractivity contribution in [2.45, 2.75) is 69.7 Å². The van der Waals surface area contributed by atoms with Gasteiger partial charge in [0.15, 0.2) is 0 Å². The monoisotopic (exact) mass is 445 g/mol. The number of carbonyl (C=O) groups is 1. The molecular weight excluding hydrogens is 414 g/mol. The Morgan fingerprint density at radius 1 is 1.06 bits per heavy atom. The molecule has 1 aliphatic heterocycles. The fraction of sp³-hybridized carbons (Fsp3) is 0.407. The Labute approximate surface area is 194 Å². The first-order chi connectivity index (χ1) is 16.2. The third-order valence-electron chi connectivity index (χ3n) is 6.62. The van der Waals surface area contributed by atoms with Gasteiger partial charge < -0.3 is 14.8 Å². The van der Waals surface area contributed by atoms with Gasteiger partial charge in [-0.05, 0) is 73.9 Å². The average Bonchev–Trinajstić information content (AvgIpc) is 3.38. The molecule has 1 atom stereocenters. The highest BCUT2D eigenvalue weighted by atomic mass is 16.5. The molecule has 0 radical (unpaired) electrons. The van der Waals surface area contributed by atoms with Crippen LogP contribution in [-0.2, 0) is 17.8 Å². The van der Waals surface area contributed by atoms with Gasteiger partial charge in [-0.15, -0.1) is 0 Å². The van der Waals surface area contributed by atoms with Crippen LogP contribution >= 0.6 is 0 Å². The largest absolute Gasteiger partial charge is 0.490 e. The lowest BCUT2D eigenvalue weighted by molar-refractivity contribution is -0.122. The Kier molecular flexibility index (Phi) is 6.61. The van der Waals surface area contributed by atoms with Crippen molar-refractivity contribution in [2.24, 2.45) is 0 Å². The van der Waals surface area contributed by atoms with Crippen LogP contribution in [0.4, 0.5) is 0 Å². The van der Waals surface area contributed by atoms with Gasteiger partial charge in [-0.2, -0.15) is 5.10 Å². The van der Waals surface area contributed by atoms with E-state index in [2.05, 4.69) is 40.7 Å². The zero-order valence-corrected chi connectivity index (χ0v) is 18.9. The van der Waals surface area contributed by atoms with Crippen LogP contribution in [0.25, 0.3) is 0 Å². The number of fused-ring (bicyclic) bond motifs is 1. The number of amides is 1. The second-order valence-corrected chi connectivity index (χ2v) is 9.00. The van der Waals surface area contributed by atoms with Crippen LogP contribution in [0.3, 0.4) is 0 Å². The van der Waals surface area contributed by atoms with Crippen LogP contribution in [0, 0.1) is 0 Å². The molecule has 172 valence electrons. The number of rotatable bonds is 7. The fourth-order valence-corrected chi connectivity index (χ4v) is 4.81. The first kappa shape index (κ1) is 21.6. The van der Waals surface area contributed by atoms with E-state index in [0.717, 1.165) is 50.0 Å². The van der Waals surface area contributed by atoms with Gasteiger partial charge in [0.1, 0.15) is 17.6 Å². The molecule has 0 saturated heterocycles. The van der Waals surface area contributed by atoms with Crippen molar-refractivity contribution in [3.05, 3.63) is 78.1 Å². The van der Waals surface area contributed by atoms with Crippen molar-refractivity contribution in [2.75, 3.05) is 0 Å². The number of benzene rings is 2. The van der Waals surface area contributed by atoms with Crippen LogP contribution in [0.1, 0.15) is 55.8 Å². The van der Waals surface area contributed by atoms with E-state index in [1.807, 2.05) is 30.5 Å². The zero-order valence-electron chi connectivity index (χ0n) is 18.9. The first-order valence-corrected chi connectivity index (χ1v) is 12.0. The minimum Gasteiger partial charge on any atom is -0.490 e. The molecule has 0 bridgehead atoms. The lowest BCUT2D eigenvalue weighted by atomic mass is 9.92. The van der Waals surface area contributed by atoms with Crippen molar-refractivity contribution in [1.29, 1.82) is 0 Å². The summed E-state index contributed by atoms with van der Waals surface area (Å²) >= 11 is 0. The molecule has 2 aromatic carbocycles. The summed E-state index contributed by atoms with van der Waals surface area (Å²) in [5, 5.41) is 7.31. The Balaban J connectivity index is 1.08. The van der Waals surface area contributed by atoms with Crippen molar-refractivity contribution in [3.8, 4) is 11.5 Å². The maximum atomic E-state index is 12.2. The van der Waals surface area contributed by atoms with Crippen LogP contribution in [0.2, 0.25) is 0 Å². The summed E-state index contributed by atoms with van der Waals surface area (Å²) in [4.78, 5) is 12.2. The van der Waals surface area contributed by atoms with E-state index in [1.54, 1.807) is 10.9 Å². The van der Waals surface area contributed by atoms with Gasteiger partial charge in [-0.25, -0.2) is 0 Å². The summed E-state index contributed by atoms with van der Waals surface area (Å²) < 4.78 is 14.3. The van der Waals surface area contributed by atoms with Crippen molar-refractivity contribution >= 4 is 5.91 Å². The normalized spacial score (nSPS) is 22.1. The molecular formula is C27H31N3O3. The third kappa shape index (κ3) is 5.56. The third-order valence-corrected chi connectivity index (χ3v) is 6.62. The van der Waals surface area contributed by atoms with E-state index < -0.39 is 0 Å². The highest BCUT2D eigenvalue weighted by Gasteiger charge is 2.25. The maximum Gasteiger partial charge on any atom is 0.222 e. The van der Waals surface area contributed by atoms with E-state index in [1.165, 1.54) is 11.1 Å². The highest BCUT2D eigenvalue weighted by molar-refractivity contribution is 5.76. The summed E-state index contributed by atoms with van der Waals surface area (Å²) in [5.74, 6) is 1.98. The van der Waals surface area contributed by atoms with Gasteiger partial charge in [0.25, 0.3) is 0 Å². The predicted octanol–water partition coefficient (Wildman–Crippen LogP) is 4.85. The van der Waals surface area contributed by atoms with Crippen LogP contribution < -0.4 is 14.8 Å². The lowest BCUT2D eigenvalue weighted by Gasteiger charge is -2.30. The molecule has 1 N–H and O–H groups in total. The number of hydrogen-bond donors (Lipinski definition) is 1. The number of aromatic nitrogens is 2. The van der Waals surface area contributed by atoms with Crippen molar-refractivity contribution in [3.63, 3.8) is 0 Å². The molecule has 1 amide bonds. The molecule has 2 aliphatic rings. The van der Waals surface area contributed by atoms with Gasteiger partial charge in [0.05, 0.1) is 6.10 Å². The zero-order chi connectivity index (χ0) is 22.5. The molecule has 6 heteroatoms. The second kappa shape index (κ2) is 10.1. The Bertz CT molecular complexity index is 1040. The Morgan fingerprint density at radius 3 is 2.70 bits per heavy atom. The quantitative estimate of drug-likeness (QED) is 0.565. The SMILES string of the molecule is O=C(CCn1cccn1)NC1CCC(Oc2ccc3c(c2)CCC(c2ccccc2)O3)CC1. The molecule has 1 aromatic heterocycles. The van der Waals surface area contributed by atoms with E-state index in [4.69, 9.17) is 9.47 Å². The molecule has 2 heterocycles. The number of nitrogens with zero attached hydrogens (tertiary/aromatic N) is 2. The van der Waals surface area contributed by atoms with E-state index in [-0.39, 0.29) is 24.2 Å². The predicted molar refractivity (Wildman–Crippen MR) is 126 cm³/mol. The maximum absolute atomic E-state index is 12.2. The standard InChI is InChI=1S/C27H31N3O3/c31-27(15-18-30-17-4-16-28-30)29-22-8-10-23(11-9-22)32-24-12-14-26-21(19-24)7-13-25(33-26)20-5-2-1-3-6-20/h1-6,12,14,16-17,19,22-23,25H,7-11,13,15,18H2,(H,29,31). The van der Waals surface area contributed by atoms with E-state index in [9.17, 15) is 4.79 Å². The average molecular weight is 446 g/mol. The summed E-state index contributed by atoms with van der Waals surface area (Å²) in [6, 6.07) is 18.7. The molecule has 1 fully saturated rings. The summed E-state index contributed by atoms with van der Waals surface area (Å²) in [6.45, 7) is 0.616. The first-order valence-electron chi connectivity index (χ1n) is 12.0. The molecule has 33 heavy (non-hydrogen) atoms. The number of hydrogen-bond acceptors (Lipinski definition) is 4. The van der Waals surface area contributed by atoms with Gasteiger partial charge >= 0.3 is 0 Å². The van der Waals surface area contributed by atoms with Gasteiger partial charge in [-0.3, -0.25) is 9.48 Å². The number of carbonyl (C=O) groups excluding carboxylic acids is 1. The summed E-state index contributed by atoms with van der Waals surface area (Å²) in [6.07, 6.45) is 10.2. The minimum atomic E-state index is 0.0957. The van der Waals surface area contributed by atoms with Gasteiger partial charge in [0.2, 0.25) is 5.91 Å². The van der Waals surface area contributed by atoms with Gasteiger partial charge in [0, 0.05) is 31.4 Å². The Morgan fingerprint density at radius 2 is 1.91 bits per heavy atom. The number of ether oxygens (including phenoxy) is 2. The highest BCUT2D eigenvalue weighted by Crippen LogP contribution is 2.37. The smallest absolute Gasteiger partial charge is 0.222 e. The molecule has 3 aromatic rings. The van der Waals surface area contributed by atoms with Crippen LogP contribution in [-0.4, -0.2) is 27.8 Å². The fourth-order valence-electron chi connectivity index (χ4n) is 4.81. The van der Waals surface area contributed by atoms with Crippen LogP contribution in [0.15, 0.2) is 67.0 Å². The molecule has 6 nitrogen and oxygen atoms in total. The molecule has 1 aliphatic carbocycles. The van der Waals surface area contributed by atoms with Gasteiger partial charge in [-0.1, -0.05) is 30.3 Å². The summed E-state index contributed by atoms with van der Waals surface area (Å²) in [5.41, 5.74) is 2.45. The Hall–Kier alpha value is -3.28. The van der Waals surface area contributed by atoms with Crippen molar-refractivity contribution < 1.29 is 14.3 Å². The lowest BCUT2D eigenvalue weighted by Crippen LogP contribution is -2.40. The molecule has 0 spiro atoms. The minimum absolute atomic E-state index is 0.0957. The van der Waals surface area contributed by atoms with E-state index >= 15 is 0 Å². The molecule has 1 unspecified atom stereocenters. The second-order valence-electron chi connectivity index (χ2n) is 9.00. The molecule has 5 rings (SSSR count). The summed E-state index contributed by atoms with van der Waals surface area (Å²) in [7, 11) is 0. The molecule has 1 saturated carbocycles. The van der Waals surface area contributed by atoms with E-state index in [0.29, 0.717) is 13.0 Å². The number of nitrogens with one attached hydrogen (secondary N) is 1. The van der Waals surface area contributed by atoms with Crippen molar-refractivity contribution in [1.82, 2.24) is 15.1 Å². The number of aryl methyl sites for hydroxylation is 2. The topological polar surface area (TPSA) is 65.4 Å².